The molecule has 0 fully saturated rings. The number of hydrazone groups is 1. The lowest BCUT2D eigenvalue weighted by Gasteiger charge is -2.32. The molecule has 5 heteroatoms. The molecule has 1 aromatic heterocycles. The van der Waals surface area contributed by atoms with E-state index >= 15 is 0 Å². The molecule has 0 aliphatic heterocycles. The predicted octanol–water partition coefficient (Wildman–Crippen LogP) is 5.62. The molecule has 4 nitrogen and oxygen atoms in total. The summed E-state index contributed by atoms with van der Waals surface area (Å²) < 4.78 is 1.79. The van der Waals surface area contributed by atoms with Gasteiger partial charge in [-0.15, -0.1) is 0 Å². The quantitative estimate of drug-likeness (QED) is 0.147. The van der Waals surface area contributed by atoms with E-state index in [-0.39, 0.29) is 30.3 Å². The molecule has 0 bridgehead atoms. The van der Waals surface area contributed by atoms with Gasteiger partial charge in [0.2, 0.25) is 6.54 Å². The van der Waals surface area contributed by atoms with E-state index in [0.717, 1.165) is 11.1 Å². The van der Waals surface area contributed by atoms with Gasteiger partial charge in [0.15, 0.2) is 12.4 Å². The fraction of sp³-hybridized carbons (Fsp3) is 0.324. The van der Waals surface area contributed by atoms with Gasteiger partial charge >= 0.3 is 5.91 Å². The molecule has 2 rings (SSSR count). The number of aromatic nitrogens is 1. The Bertz CT molecular complexity index is 1330. The van der Waals surface area contributed by atoms with Crippen LogP contribution < -0.4 is 22.4 Å². The van der Waals surface area contributed by atoms with Crippen LogP contribution in [0.1, 0.15) is 67.7 Å². The van der Waals surface area contributed by atoms with E-state index < -0.39 is 0 Å². The summed E-state index contributed by atoms with van der Waals surface area (Å²) >= 11 is 0. The number of nitrogens with one attached hydrogen (secondary N) is 1. The number of pyridine rings is 1. The number of rotatable bonds is 12. The van der Waals surface area contributed by atoms with Crippen molar-refractivity contribution >= 4 is 12.1 Å². The van der Waals surface area contributed by atoms with Crippen LogP contribution in [0.4, 0.5) is 0 Å². The molecule has 1 aliphatic carbocycles. The first-order valence-corrected chi connectivity index (χ1v) is 14.4. The Balaban J connectivity index is 0.00000882. The molecule has 0 saturated carbocycles. The molecule has 1 N–H and O–H groups in total. The van der Waals surface area contributed by atoms with Crippen molar-refractivity contribution in [3.8, 4) is 0 Å². The first-order chi connectivity index (χ1) is 19.6. The molecule has 1 aromatic rings. The van der Waals surface area contributed by atoms with Crippen LogP contribution in [-0.2, 0) is 11.3 Å². The molecular weight excluding hydrogens is 538 g/mol. The number of nitrogens with zero attached hydrogens (tertiary/aromatic N) is 2. The highest BCUT2D eigenvalue weighted by molar-refractivity contribution is 5.81. The zero-order valence-electron chi connectivity index (χ0n) is 26.4. The van der Waals surface area contributed by atoms with Gasteiger partial charge in [0.1, 0.15) is 0 Å². The van der Waals surface area contributed by atoms with Gasteiger partial charge in [0, 0.05) is 12.1 Å². The molecule has 1 aliphatic rings. The second-order valence-corrected chi connectivity index (χ2v) is 11.4. The Kier molecular flexibility index (Phi) is 16.7. The zero-order valence-corrected chi connectivity index (χ0v) is 27.2. The van der Waals surface area contributed by atoms with Crippen molar-refractivity contribution < 1.29 is 21.8 Å². The number of hydrogen-bond acceptors (Lipinski definition) is 2. The number of carbonyl (C=O) groups is 1. The summed E-state index contributed by atoms with van der Waals surface area (Å²) in [6.45, 7) is 15.5. The van der Waals surface area contributed by atoms with Crippen LogP contribution in [0.2, 0.25) is 0 Å². The van der Waals surface area contributed by atoms with Gasteiger partial charge in [-0.3, -0.25) is 4.79 Å². The molecule has 1 heterocycles. The number of carbonyl (C=O) groups excluding carboxylic acids is 1. The molecule has 0 aromatic carbocycles. The van der Waals surface area contributed by atoms with Gasteiger partial charge in [-0.05, 0) is 70.4 Å². The van der Waals surface area contributed by atoms with Crippen molar-refractivity contribution in [2.75, 3.05) is 0 Å². The van der Waals surface area contributed by atoms with Crippen LogP contribution >= 0.6 is 0 Å². The van der Waals surface area contributed by atoms with Crippen LogP contribution in [0, 0.1) is 5.41 Å². The number of allylic oxidation sites excluding steroid dienone is 18. The lowest BCUT2D eigenvalue weighted by atomic mass is 9.72. The molecule has 1 amide bonds. The molecular formula is C37H48ClN3O. The summed E-state index contributed by atoms with van der Waals surface area (Å²) in [5, 5.41) is 4.02. The Hall–Kier alpha value is -3.76. The monoisotopic (exact) mass is 585 g/mol. The van der Waals surface area contributed by atoms with Gasteiger partial charge in [0.05, 0.1) is 6.21 Å². The van der Waals surface area contributed by atoms with Crippen molar-refractivity contribution in [3.63, 3.8) is 0 Å². The van der Waals surface area contributed by atoms with Gasteiger partial charge in [-0.2, -0.15) is 9.67 Å². The molecule has 0 unspecified atom stereocenters. The summed E-state index contributed by atoms with van der Waals surface area (Å²) in [4.78, 5) is 11.9. The minimum atomic E-state index is -0.169. The smallest absolute Gasteiger partial charge is 0.305 e. The minimum absolute atomic E-state index is 0. The topological polar surface area (TPSA) is 45.3 Å². The van der Waals surface area contributed by atoms with E-state index in [1.807, 2.05) is 61.8 Å². The number of hydrogen-bond donors (Lipinski definition) is 1. The molecule has 0 radical (unpaired) electrons. The normalized spacial score (nSPS) is 17.3. The van der Waals surface area contributed by atoms with Gasteiger partial charge < -0.3 is 12.4 Å². The lowest BCUT2D eigenvalue weighted by molar-refractivity contribution is -0.684. The van der Waals surface area contributed by atoms with Crippen molar-refractivity contribution in [1.82, 2.24) is 5.43 Å². The maximum atomic E-state index is 11.9. The Labute approximate surface area is 260 Å². The van der Waals surface area contributed by atoms with E-state index in [1.165, 1.54) is 41.6 Å². The lowest BCUT2D eigenvalue weighted by Crippen LogP contribution is -3.00. The molecule has 0 atom stereocenters. The fourth-order valence-corrected chi connectivity index (χ4v) is 4.50. The van der Waals surface area contributed by atoms with E-state index in [0.29, 0.717) is 0 Å². The summed E-state index contributed by atoms with van der Waals surface area (Å²) in [5.74, 6) is -0.169. The van der Waals surface area contributed by atoms with Gasteiger partial charge in [0.25, 0.3) is 0 Å². The highest BCUT2D eigenvalue weighted by Gasteiger charge is 2.26. The molecule has 0 spiro atoms. The summed E-state index contributed by atoms with van der Waals surface area (Å²) in [6, 6.07) is 5.68. The molecule has 0 saturated heterocycles. The predicted molar refractivity (Wildman–Crippen MR) is 175 cm³/mol. The van der Waals surface area contributed by atoms with E-state index in [9.17, 15) is 4.79 Å². The largest absolute Gasteiger partial charge is 1.00 e. The summed E-state index contributed by atoms with van der Waals surface area (Å²) in [6.07, 6.45) is 34.3. The Morgan fingerprint density at radius 1 is 0.857 bits per heavy atom. The summed E-state index contributed by atoms with van der Waals surface area (Å²) in [7, 11) is 0. The third kappa shape index (κ3) is 14.7. The first-order valence-electron chi connectivity index (χ1n) is 14.4. The second-order valence-electron chi connectivity index (χ2n) is 11.4. The van der Waals surface area contributed by atoms with Crippen molar-refractivity contribution in [2.45, 2.75) is 74.3 Å². The van der Waals surface area contributed by atoms with E-state index in [1.54, 1.807) is 10.8 Å². The van der Waals surface area contributed by atoms with Crippen LogP contribution in [0.3, 0.4) is 0 Å². The Morgan fingerprint density at radius 2 is 1.40 bits per heavy atom. The number of amides is 1. The SMILES string of the molecule is CC1=C(/C=C/C(C)=C/C=C/C(C)=C/C=C/C=C(C)/C=C/C=C(C)/C=N/NC(=O)C[n+]2ccccc2)C(C)(C)CCC1.[Cl-]. The second kappa shape index (κ2) is 19.4. The average Bonchev–Trinajstić information content (AvgIpc) is 2.91. The van der Waals surface area contributed by atoms with E-state index in [4.69, 9.17) is 0 Å². The minimum Gasteiger partial charge on any atom is -1.00 e. The molecule has 42 heavy (non-hydrogen) atoms. The third-order valence-corrected chi connectivity index (χ3v) is 6.88. The van der Waals surface area contributed by atoms with Crippen LogP contribution in [0.15, 0.2) is 142 Å². The molecule has 224 valence electrons. The van der Waals surface area contributed by atoms with Crippen molar-refractivity contribution in [1.29, 1.82) is 0 Å². The average molecular weight is 586 g/mol. The third-order valence-electron chi connectivity index (χ3n) is 6.88. The van der Waals surface area contributed by atoms with Gasteiger partial charge in [-0.1, -0.05) is 115 Å². The maximum absolute atomic E-state index is 11.9. The van der Waals surface area contributed by atoms with Crippen LogP contribution in [0.5, 0.6) is 0 Å². The summed E-state index contributed by atoms with van der Waals surface area (Å²) in [5.41, 5.74) is 10.4. The fourth-order valence-electron chi connectivity index (χ4n) is 4.50. The van der Waals surface area contributed by atoms with Gasteiger partial charge in [-0.25, -0.2) is 5.43 Å². The first kappa shape index (κ1) is 36.3. The van der Waals surface area contributed by atoms with Crippen molar-refractivity contribution in [2.24, 2.45) is 10.5 Å². The standard InChI is InChI=1S/C37H47N3O.ClH/c1-30(18-13-20-32(3)23-24-35-34(5)22-15-25-37(35,6)7)16-9-10-17-31(2)19-14-21-33(4)28-38-39-36(41)29-40-26-11-8-12-27-40;/h8-14,16-21,23-24,26-28H,15,22,25,29H2,1-7H3;1H/b10-9+,18-13+,19-14+,24-23+,30-16+,31-17+,32-20+,33-21+,38-28+;. The number of halogens is 1. The van der Waals surface area contributed by atoms with Crippen LogP contribution in [0.25, 0.3) is 0 Å². The highest BCUT2D eigenvalue weighted by atomic mass is 35.5. The Morgan fingerprint density at radius 3 is 2.00 bits per heavy atom. The highest BCUT2D eigenvalue weighted by Crippen LogP contribution is 2.40. The van der Waals surface area contributed by atoms with Crippen LogP contribution in [-0.4, -0.2) is 12.1 Å². The maximum Gasteiger partial charge on any atom is 0.305 e. The zero-order chi connectivity index (χ0) is 30.1. The van der Waals surface area contributed by atoms with Crippen molar-refractivity contribution in [3.05, 3.63) is 137 Å². The van der Waals surface area contributed by atoms with E-state index in [2.05, 4.69) is 101 Å².